The summed E-state index contributed by atoms with van der Waals surface area (Å²) in [6, 6.07) is 10.2. The average Bonchev–Trinajstić information content (AvgIpc) is 2.36. The minimum atomic E-state index is 0.578. The van der Waals surface area contributed by atoms with Crippen LogP contribution in [0.1, 0.15) is 17.0 Å². The van der Waals surface area contributed by atoms with Crippen LogP contribution in [0, 0.1) is 13.8 Å². The highest BCUT2D eigenvalue weighted by Crippen LogP contribution is 2.14. The highest BCUT2D eigenvalue weighted by Gasteiger charge is 2.01. The summed E-state index contributed by atoms with van der Waals surface area (Å²) >= 11 is 0. The minimum absolute atomic E-state index is 0.578. The molecule has 0 atom stereocenters. The van der Waals surface area contributed by atoms with Crippen molar-refractivity contribution in [3.8, 4) is 5.88 Å². The van der Waals surface area contributed by atoms with Crippen LogP contribution in [0.4, 0.5) is 5.82 Å². The lowest BCUT2D eigenvalue weighted by Crippen LogP contribution is -2.04. The van der Waals surface area contributed by atoms with Crippen LogP contribution in [0.25, 0.3) is 0 Å². The van der Waals surface area contributed by atoms with Crippen molar-refractivity contribution in [1.82, 2.24) is 9.97 Å². The van der Waals surface area contributed by atoms with Crippen LogP contribution in [0.5, 0.6) is 5.88 Å². The lowest BCUT2D eigenvalue weighted by Gasteiger charge is -2.08. The summed E-state index contributed by atoms with van der Waals surface area (Å²) in [5.74, 6) is 2.05. The fourth-order valence-electron chi connectivity index (χ4n) is 1.75. The van der Waals surface area contributed by atoms with Gasteiger partial charge in [0.2, 0.25) is 5.88 Å². The number of aromatic nitrogens is 2. The number of rotatable bonds is 4. The fraction of sp³-hybridized carbons (Fsp3) is 0.286. The van der Waals surface area contributed by atoms with Crippen LogP contribution >= 0.6 is 0 Å². The summed E-state index contributed by atoms with van der Waals surface area (Å²) in [4.78, 5) is 8.47. The second-order valence-corrected chi connectivity index (χ2v) is 4.19. The lowest BCUT2D eigenvalue weighted by molar-refractivity contribution is 0.396. The van der Waals surface area contributed by atoms with Gasteiger partial charge in [-0.15, -0.1) is 0 Å². The van der Waals surface area contributed by atoms with E-state index in [-0.39, 0.29) is 0 Å². The number of benzene rings is 1. The van der Waals surface area contributed by atoms with Crippen molar-refractivity contribution in [1.29, 1.82) is 0 Å². The number of methoxy groups -OCH3 is 1. The molecule has 4 nitrogen and oxygen atoms in total. The molecule has 0 aliphatic heterocycles. The van der Waals surface area contributed by atoms with Gasteiger partial charge in [0, 0.05) is 12.6 Å². The first-order valence-electron chi connectivity index (χ1n) is 5.86. The van der Waals surface area contributed by atoms with E-state index in [0.717, 1.165) is 12.4 Å². The molecular weight excluding hydrogens is 226 g/mol. The number of hydrogen-bond donors (Lipinski definition) is 1. The molecule has 2 aromatic rings. The Morgan fingerprint density at radius 1 is 1.17 bits per heavy atom. The number of ether oxygens (including phenoxy) is 1. The average molecular weight is 243 g/mol. The van der Waals surface area contributed by atoms with Gasteiger partial charge < -0.3 is 10.1 Å². The standard InChI is InChI=1S/C14H17N3O/c1-10-5-4-6-12(7-10)9-15-13-8-14(18-3)17-11(2)16-13/h4-8H,9H2,1-3H3,(H,15,16,17). The second kappa shape index (κ2) is 5.49. The van der Waals surface area contributed by atoms with E-state index in [4.69, 9.17) is 4.74 Å². The summed E-state index contributed by atoms with van der Waals surface area (Å²) in [7, 11) is 1.60. The van der Waals surface area contributed by atoms with Crippen molar-refractivity contribution >= 4 is 5.82 Å². The summed E-state index contributed by atoms with van der Waals surface area (Å²) in [5.41, 5.74) is 2.48. The Labute approximate surface area is 107 Å². The molecule has 2 rings (SSSR count). The Morgan fingerprint density at radius 3 is 2.72 bits per heavy atom. The molecule has 0 aliphatic carbocycles. The maximum Gasteiger partial charge on any atom is 0.218 e. The van der Waals surface area contributed by atoms with E-state index >= 15 is 0 Å². The van der Waals surface area contributed by atoms with E-state index in [9.17, 15) is 0 Å². The van der Waals surface area contributed by atoms with Gasteiger partial charge in [0.1, 0.15) is 11.6 Å². The number of aryl methyl sites for hydroxylation is 2. The van der Waals surface area contributed by atoms with E-state index in [1.54, 1.807) is 13.2 Å². The number of anilines is 1. The maximum absolute atomic E-state index is 5.12. The molecule has 0 unspecified atom stereocenters. The SMILES string of the molecule is COc1cc(NCc2cccc(C)c2)nc(C)n1. The topological polar surface area (TPSA) is 47.0 Å². The molecule has 94 valence electrons. The first kappa shape index (κ1) is 12.4. The van der Waals surface area contributed by atoms with E-state index in [1.807, 2.05) is 6.92 Å². The van der Waals surface area contributed by atoms with Gasteiger partial charge in [-0.25, -0.2) is 4.98 Å². The van der Waals surface area contributed by atoms with Gasteiger partial charge in [0.25, 0.3) is 0 Å². The van der Waals surface area contributed by atoms with Crippen molar-refractivity contribution in [3.05, 3.63) is 47.3 Å². The molecule has 0 bridgehead atoms. The van der Waals surface area contributed by atoms with Gasteiger partial charge in [-0.2, -0.15) is 4.98 Å². The zero-order valence-electron chi connectivity index (χ0n) is 10.9. The Hall–Kier alpha value is -2.10. The molecule has 0 saturated carbocycles. The van der Waals surface area contributed by atoms with Crippen LogP contribution < -0.4 is 10.1 Å². The Morgan fingerprint density at radius 2 is 2.00 bits per heavy atom. The third kappa shape index (κ3) is 3.20. The predicted octanol–water partition coefficient (Wildman–Crippen LogP) is 2.71. The van der Waals surface area contributed by atoms with E-state index in [2.05, 4.69) is 46.5 Å². The Bertz CT molecular complexity index is 540. The Balaban J connectivity index is 2.08. The Kier molecular flexibility index (Phi) is 3.77. The van der Waals surface area contributed by atoms with Crippen molar-refractivity contribution in [2.75, 3.05) is 12.4 Å². The third-order valence-electron chi connectivity index (χ3n) is 2.58. The van der Waals surface area contributed by atoms with Gasteiger partial charge in [0.15, 0.2) is 0 Å². The normalized spacial score (nSPS) is 10.2. The zero-order valence-corrected chi connectivity index (χ0v) is 10.9. The van der Waals surface area contributed by atoms with Crippen molar-refractivity contribution in [2.24, 2.45) is 0 Å². The lowest BCUT2D eigenvalue weighted by atomic mass is 10.1. The number of nitrogens with one attached hydrogen (secondary N) is 1. The van der Waals surface area contributed by atoms with Gasteiger partial charge in [-0.3, -0.25) is 0 Å². The third-order valence-corrected chi connectivity index (χ3v) is 2.58. The van der Waals surface area contributed by atoms with Gasteiger partial charge in [-0.05, 0) is 19.4 Å². The summed E-state index contributed by atoms with van der Waals surface area (Å²) < 4.78 is 5.12. The second-order valence-electron chi connectivity index (χ2n) is 4.19. The molecule has 0 radical (unpaired) electrons. The van der Waals surface area contributed by atoms with Crippen LogP contribution in [0.2, 0.25) is 0 Å². The van der Waals surface area contributed by atoms with Gasteiger partial charge in [0.05, 0.1) is 7.11 Å². The minimum Gasteiger partial charge on any atom is -0.481 e. The molecule has 0 amide bonds. The molecule has 4 heteroatoms. The van der Waals surface area contributed by atoms with E-state index < -0.39 is 0 Å². The summed E-state index contributed by atoms with van der Waals surface area (Å²) in [6.07, 6.45) is 0. The molecule has 0 aliphatic rings. The van der Waals surface area contributed by atoms with Gasteiger partial charge >= 0.3 is 0 Å². The summed E-state index contributed by atoms with van der Waals surface area (Å²) in [5, 5.41) is 3.27. The van der Waals surface area contributed by atoms with Crippen molar-refractivity contribution in [3.63, 3.8) is 0 Å². The van der Waals surface area contributed by atoms with Crippen molar-refractivity contribution < 1.29 is 4.74 Å². The van der Waals surface area contributed by atoms with Crippen LogP contribution in [-0.4, -0.2) is 17.1 Å². The predicted molar refractivity (Wildman–Crippen MR) is 71.8 cm³/mol. The molecule has 1 N–H and O–H groups in total. The first-order valence-corrected chi connectivity index (χ1v) is 5.86. The fourth-order valence-corrected chi connectivity index (χ4v) is 1.75. The number of nitrogens with zero attached hydrogens (tertiary/aromatic N) is 2. The largest absolute Gasteiger partial charge is 0.481 e. The maximum atomic E-state index is 5.12. The van der Waals surface area contributed by atoms with E-state index in [1.165, 1.54) is 11.1 Å². The monoisotopic (exact) mass is 243 g/mol. The highest BCUT2D eigenvalue weighted by atomic mass is 16.5. The molecule has 18 heavy (non-hydrogen) atoms. The molecule has 0 spiro atoms. The zero-order chi connectivity index (χ0) is 13.0. The molecule has 0 saturated heterocycles. The van der Waals surface area contributed by atoms with Crippen molar-refractivity contribution in [2.45, 2.75) is 20.4 Å². The molecular formula is C14H17N3O. The van der Waals surface area contributed by atoms with E-state index in [0.29, 0.717) is 11.7 Å². The molecule has 1 heterocycles. The summed E-state index contributed by atoms with van der Waals surface area (Å²) in [6.45, 7) is 4.67. The molecule has 0 fully saturated rings. The molecule has 1 aromatic carbocycles. The van der Waals surface area contributed by atoms with Gasteiger partial charge in [-0.1, -0.05) is 29.8 Å². The van der Waals surface area contributed by atoms with Crippen LogP contribution in [-0.2, 0) is 6.54 Å². The molecule has 1 aromatic heterocycles. The quantitative estimate of drug-likeness (QED) is 0.897. The highest BCUT2D eigenvalue weighted by molar-refractivity contribution is 5.39. The van der Waals surface area contributed by atoms with Crippen LogP contribution in [0.3, 0.4) is 0 Å². The number of hydrogen-bond acceptors (Lipinski definition) is 4. The first-order chi connectivity index (χ1) is 8.67. The van der Waals surface area contributed by atoms with Crippen LogP contribution in [0.15, 0.2) is 30.3 Å². The smallest absolute Gasteiger partial charge is 0.218 e.